The van der Waals surface area contributed by atoms with Gasteiger partial charge in [0, 0.05) is 26.3 Å². The molecule has 6 nitrogen and oxygen atoms in total. The lowest BCUT2D eigenvalue weighted by molar-refractivity contribution is 0.102. The monoisotopic (exact) mass is 318 g/mol. The summed E-state index contributed by atoms with van der Waals surface area (Å²) in [4.78, 5) is 13.8. The van der Waals surface area contributed by atoms with Crippen molar-refractivity contribution in [3.05, 3.63) is 4.88 Å². The second-order valence-electron chi connectivity index (χ2n) is 5.03. The number of nitrogens with zero attached hydrogens (tertiary/aromatic N) is 1. The van der Waals surface area contributed by atoms with Crippen molar-refractivity contribution in [2.75, 3.05) is 30.0 Å². The quantitative estimate of drug-likeness (QED) is 0.803. The smallest absolute Gasteiger partial charge is 0.180 e. The highest BCUT2D eigenvalue weighted by Crippen LogP contribution is 2.42. The molecule has 0 spiro atoms. The fraction of sp³-hybridized carbons (Fsp3) is 0.583. The summed E-state index contributed by atoms with van der Waals surface area (Å²) < 4.78 is 23.9. The molecule has 0 aliphatic carbocycles. The number of anilines is 2. The zero-order chi connectivity index (χ0) is 15.1. The van der Waals surface area contributed by atoms with Crippen LogP contribution in [0.15, 0.2) is 4.90 Å². The number of rotatable bonds is 3. The molecule has 1 aromatic heterocycles. The number of carbonyl (C=O) groups is 1. The van der Waals surface area contributed by atoms with Crippen LogP contribution >= 0.6 is 11.3 Å². The Labute approximate surface area is 122 Å². The minimum Gasteiger partial charge on any atom is -0.396 e. The zero-order valence-electron chi connectivity index (χ0n) is 11.4. The van der Waals surface area contributed by atoms with Gasteiger partial charge < -0.3 is 15.7 Å². The van der Waals surface area contributed by atoms with Gasteiger partial charge in [-0.2, -0.15) is 0 Å². The lowest BCUT2D eigenvalue weighted by Gasteiger charge is -2.30. The first-order chi connectivity index (χ1) is 9.21. The summed E-state index contributed by atoms with van der Waals surface area (Å²) in [6.45, 7) is 2.49. The Morgan fingerprint density at radius 1 is 1.40 bits per heavy atom. The van der Waals surface area contributed by atoms with E-state index in [1.807, 2.05) is 4.90 Å². The molecule has 1 aromatic rings. The predicted octanol–water partition coefficient (Wildman–Crippen LogP) is 0.897. The van der Waals surface area contributed by atoms with Crippen LogP contribution in [0, 0.1) is 0 Å². The third kappa shape index (κ3) is 2.82. The van der Waals surface area contributed by atoms with Gasteiger partial charge >= 0.3 is 0 Å². The van der Waals surface area contributed by atoms with Crippen molar-refractivity contribution in [3.8, 4) is 0 Å². The lowest BCUT2D eigenvalue weighted by atomic mass is 10.1. The number of carbonyl (C=O) groups excluding carboxylic acids is 1. The van der Waals surface area contributed by atoms with Crippen molar-refractivity contribution in [2.45, 2.75) is 30.8 Å². The van der Waals surface area contributed by atoms with Crippen LogP contribution in [0.25, 0.3) is 0 Å². The molecule has 3 N–H and O–H groups in total. The number of nitrogens with two attached hydrogens (primary N) is 1. The number of ketones is 1. The Kier molecular flexibility index (Phi) is 4.08. The van der Waals surface area contributed by atoms with E-state index in [0.29, 0.717) is 30.9 Å². The molecular formula is C12H18N2O4S2. The van der Waals surface area contributed by atoms with Gasteiger partial charge in [-0.25, -0.2) is 8.42 Å². The first-order valence-corrected chi connectivity index (χ1v) is 8.99. The number of aliphatic hydroxyl groups is 1. The molecule has 0 saturated carbocycles. The highest BCUT2D eigenvalue weighted by Gasteiger charge is 2.30. The Bertz CT molecular complexity index is 628. The summed E-state index contributed by atoms with van der Waals surface area (Å²) >= 11 is 1.12. The summed E-state index contributed by atoms with van der Waals surface area (Å²) in [5.41, 5.74) is 5.91. The summed E-state index contributed by atoms with van der Waals surface area (Å²) in [5, 5.41) is 10.0. The van der Waals surface area contributed by atoms with Crippen LogP contribution in [0.3, 0.4) is 0 Å². The first-order valence-electron chi connectivity index (χ1n) is 6.28. The summed E-state index contributed by atoms with van der Waals surface area (Å²) in [5.74, 6) is -0.235. The van der Waals surface area contributed by atoms with Crippen LogP contribution in [0.5, 0.6) is 0 Å². The standard InChI is InChI=1S/C12H18N2O4S2/c1-7(15)10-9(13)11(20(2,17)18)12(19-10)14-5-3-8(16)4-6-14/h8,16H,3-6,13H2,1-2H3. The van der Waals surface area contributed by atoms with Gasteiger partial charge in [-0.1, -0.05) is 0 Å². The number of nitrogen functional groups attached to an aromatic ring is 1. The lowest BCUT2D eigenvalue weighted by Crippen LogP contribution is -2.35. The van der Waals surface area contributed by atoms with Crippen LogP contribution < -0.4 is 10.6 Å². The van der Waals surface area contributed by atoms with Crippen molar-refractivity contribution in [1.82, 2.24) is 0 Å². The van der Waals surface area contributed by atoms with E-state index in [1.165, 1.54) is 6.92 Å². The van der Waals surface area contributed by atoms with Crippen molar-refractivity contribution >= 4 is 37.6 Å². The number of piperidine rings is 1. The molecule has 20 heavy (non-hydrogen) atoms. The number of Topliss-reactive ketones (excluding diaryl/α,β-unsaturated/α-hetero) is 1. The number of hydrogen-bond donors (Lipinski definition) is 2. The Morgan fingerprint density at radius 3 is 2.40 bits per heavy atom. The molecule has 8 heteroatoms. The molecule has 1 aliphatic rings. The molecule has 1 saturated heterocycles. The second-order valence-corrected chi connectivity index (χ2v) is 7.98. The minimum atomic E-state index is -3.51. The van der Waals surface area contributed by atoms with E-state index in [9.17, 15) is 18.3 Å². The first kappa shape index (κ1) is 15.3. The predicted molar refractivity (Wildman–Crippen MR) is 79.3 cm³/mol. The SMILES string of the molecule is CC(=O)c1sc(N2CCC(O)CC2)c(S(C)(=O)=O)c1N. The molecule has 2 heterocycles. The molecule has 0 atom stereocenters. The number of thiophene rings is 1. The number of hydrogen-bond acceptors (Lipinski definition) is 7. The topological polar surface area (TPSA) is 101 Å². The van der Waals surface area contributed by atoms with Gasteiger partial charge in [0.15, 0.2) is 15.6 Å². The molecule has 112 valence electrons. The van der Waals surface area contributed by atoms with Gasteiger partial charge in [-0.15, -0.1) is 11.3 Å². The maximum absolute atomic E-state index is 12.0. The molecule has 1 fully saturated rings. The molecule has 0 bridgehead atoms. The minimum absolute atomic E-state index is 0.0455. The molecule has 0 unspecified atom stereocenters. The van der Waals surface area contributed by atoms with Crippen LogP contribution in [0.4, 0.5) is 10.7 Å². The average Bonchev–Trinajstić information content (AvgIpc) is 2.67. The van der Waals surface area contributed by atoms with Gasteiger partial charge in [-0.3, -0.25) is 4.79 Å². The van der Waals surface area contributed by atoms with Crippen LogP contribution in [-0.4, -0.2) is 44.8 Å². The van der Waals surface area contributed by atoms with Crippen molar-refractivity contribution in [3.63, 3.8) is 0 Å². The summed E-state index contributed by atoms with van der Waals surface area (Å²) in [6, 6.07) is 0. The fourth-order valence-corrected chi connectivity index (χ4v) is 4.97. The molecule has 2 rings (SSSR count). The largest absolute Gasteiger partial charge is 0.396 e. The van der Waals surface area contributed by atoms with E-state index in [-0.39, 0.29) is 27.3 Å². The van der Waals surface area contributed by atoms with E-state index >= 15 is 0 Å². The second kappa shape index (κ2) is 5.34. The highest BCUT2D eigenvalue weighted by molar-refractivity contribution is 7.91. The maximum Gasteiger partial charge on any atom is 0.180 e. The Morgan fingerprint density at radius 2 is 1.95 bits per heavy atom. The fourth-order valence-electron chi connectivity index (χ4n) is 2.31. The van der Waals surface area contributed by atoms with Gasteiger partial charge in [0.05, 0.1) is 16.7 Å². The molecule has 1 aliphatic heterocycles. The molecule has 0 amide bonds. The molecule has 0 aromatic carbocycles. The van der Waals surface area contributed by atoms with Gasteiger partial charge in [0.1, 0.15) is 9.90 Å². The number of aliphatic hydroxyl groups excluding tert-OH is 1. The van der Waals surface area contributed by atoms with Crippen molar-refractivity contribution in [1.29, 1.82) is 0 Å². The maximum atomic E-state index is 12.0. The summed E-state index contributed by atoms with van der Waals surface area (Å²) in [6.07, 6.45) is 1.90. The van der Waals surface area contributed by atoms with Gasteiger partial charge in [-0.05, 0) is 12.8 Å². The van der Waals surface area contributed by atoms with Gasteiger partial charge in [0.25, 0.3) is 0 Å². The Balaban J connectivity index is 2.52. The van der Waals surface area contributed by atoms with E-state index in [2.05, 4.69) is 0 Å². The van der Waals surface area contributed by atoms with Crippen LogP contribution in [0.2, 0.25) is 0 Å². The third-order valence-corrected chi connectivity index (χ3v) is 5.98. The van der Waals surface area contributed by atoms with E-state index in [1.54, 1.807) is 0 Å². The average molecular weight is 318 g/mol. The Hall–Kier alpha value is -1.12. The number of sulfone groups is 1. The van der Waals surface area contributed by atoms with Crippen LogP contribution in [-0.2, 0) is 9.84 Å². The van der Waals surface area contributed by atoms with E-state index in [0.717, 1.165) is 17.6 Å². The van der Waals surface area contributed by atoms with Crippen molar-refractivity contribution in [2.24, 2.45) is 0 Å². The van der Waals surface area contributed by atoms with Gasteiger partial charge in [0.2, 0.25) is 0 Å². The zero-order valence-corrected chi connectivity index (χ0v) is 13.1. The highest BCUT2D eigenvalue weighted by atomic mass is 32.2. The third-order valence-electron chi connectivity index (χ3n) is 3.32. The molecular weight excluding hydrogens is 300 g/mol. The van der Waals surface area contributed by atoms with Crippen molar-refractivity contribution < 1.29 is 18.3 Å². The van der Waals surface area contributed by atoms with E-state index in [4.69, 9.17) is 5.73 Å². The normalized spacial score (nSPS) is 17.4. The summed E-state index contributed by atoms with van der Waals surface area (Å²) in [7, 11) is -3.51. The molecule has 0 radical (unpaired) electrons. The van der Waals surface area contributed by atoms with Crippen LogP contribution in [0.1, 0.15) is 29.4 Å². The van der Waals surface area contributed by atoms with E-state index < -0.39 is 9.84 Å².